The van der Waals surface area contributed by atoms with Gasteiger partial charge in [0.25, 0.3) is 0 Å². The van der Waals surface area contributed by atoms with Crippen molar-refractivity contribution in [2.75, 3.05) is 18.5 Å². The van der Waals surface area contributed by atoms with Gasteiger partial charge < -0.3 is 15.4 Å². The summed E-state index contributed by atoms with van der Waals surface area (Å²) in [6, 6.07) is 15.8. The molecule has 0 unspecified atom stereocenters. The number of hydrogen-bond acceptors (Lipinski definition) is 2. The van der Waals surface area contributed by atoms with Crippen molar-refractivity contribution >= 4 is 11.7 Å². The largest absolute Gasteiger partial charge is 0.494 e. The van der Waals surface area contributed by atoms with Crippen LogP contribution in [-0.2, 0) is 6.42 Å². The standard InChI is InChI=1S/C21H28N2O2/c1-3-4-6-18-9-11-19(12-10-18)23-21(24)22-15-5-16-25-20-13-7-17(2)8-14-20/h7-14H,3-6,15-16H2,1-2H3,(H2,22,23,24). The lowest BCUT2D eigenvalue weighted by Crippen LogP contribution is -2.30. The molecule has 2 amide bonds. The van der Waals surface area contributed by atoms with E-state index in [0.717, 1.165) is 24.3 Å². The highest BCUT2D eigenvalue weighted by Crippen LogP contribution is 2.12. The van der Waals surface area contributed by atoms with E-state index in [-0.39, 0.29) is 6.03 Å². The zero-order chi connectivity index (χ0) is 17.9. The van der Waals surface area contributed by atoms with Crippen LogP contribution in [0, 0.1) is 6.92 Å². The van der Waals surface area contributed by atoms with Crippen molar-refractivity contribution in [3.05, 3.63) is 59.7 Å². The van der Waals surface area contributed by atoms with Gasteiger partial charge in [-0.15, -0.1) is 0 Å². The number of urea groups is 1. The van der Waals surface area contributed by atoms with Crippen LogP contribution in [-0.4, -0.2) is 19.2 Å². The molecule has 2 rings (SSSR count). The minimum absolute atomic E-state index is 0.184. The molecule has 0 heterocycles. The monoisotopic (exact) mass is 340 g/mol. The van der Waals surface area contributed by atoms with Crippen molar-refractivity contribution in [2.24, 2.45) is 0 Å². The van der Waals surface area contributed by atoms with Crippen LogP contribution >= 0.6 is 0 Å². The van der Waals surface area contributed by atoms with E-state index < -0.39 is 0 Å². The maximum atomic E-state index is 11.9. The molecule has 2 N–H and O–H groups in total. The molecule has 0 aliphatic carbocycles. The van der Waals surface area contributed by atoms with Crippen LogP contribution in [0.2, 0.25) is 0 Å². The maximum Gasteiger partial charge on any atom is 0.319 e. The first kappa shape index (κ1) is 18.8. The number of carbonyl (C=O) groups is 1. The molecule has 25 heavy (non-hydrogen) atoms. The summed E-state index contributed by atoms with van der Waals surface area (Å²) in [5.41, 5.74) is 3.33. The number of nitrogens with one attached hydrogen (secondary N) is 2. The number of carbonyl (C=O) groups excluding carboxylic acids is 1. The Bertz CT molecular complexity index is 636. The Morgan fingerprint density at radius 3 is 2.40 bits per heavy atom. The number of rotatable bonds is 9. The maximum absolute atomic E-state index is 11.9. The number of aryl methyl sites for hydroxylation is 2. The molecule has 0 saturated heterocycles. The van der Waals surface area contributed by atoms with Gasteiger partial charge in [-0.05, 0) is 56.0 Å². The number of benzene rings is 2. The molecule has 0 spiro atoms. The first-order valence-corrected chi connectivity index (χ1v) is 9.00. The van der Waals surface area contributed by atoms with E-state index in [1.807, 2.05) is 43.3 Å². The Balaban J connectivity index is 1.61. The van der Waals surface area contributed by atoms with E-state index in [1.165, 1.54) is 24.0 Å². The third-order valence-corrected chi connectivity index (χ3v) is 3.93. The molecule has 134 valence electrons. The summed E-state index contributed by atoms with van der Waals surface area (Å²) in [5.74, 6) is 0.859. The van der Waals surface area contributed by atoms with Crippen molar-refractivity contribution in [2.45, 2.75) is 39.5 Å². The Morgan fingerprint density at radius 1 is 1.00 bits per heavy atom. The second-order valence-corrected chi connectivity index (χ2v) is 6.20. The molecule has 4 nitrogen and oxygen atoms in total. The Morgan fingerprint density at radius 2 is 1.72 bits per heavy atom. The van der Waals surface area contributed by atoms with Crippen LogP contribution in [0.4, 0.5) is 10.5 Å². The number of anilines is 1. The third kappa shape index (κ3) is 7.29. The van der Waals surface area contributed by atoms with Gasteiger partial charge in [0.05, 0.1) is 6.61 Å². The summed E-state index contributed by atoms with van der Waals surface area (Å²) < 4.78 is 5.63. The summed E-state index contributed by atoms with van der Waals surface area (Å²) in [6.07, 6.45) is 4.23. The molecule has 0 aliphatic rings. The average Bonchev–Trinajstić information content (AvgIpc) is 2.62. The van der Waals surface area contributed by atoms with Crippen LogP contribution < -0.4 is 15.4 Å². The van der Waals surface area contributed by atoms with E-state index in [1.54, 1.807) is 0 Å². The zero-order valence-corrected chi connectivity index (χ0v) is 15.2. The molecule has 0 radical (unpaired) electrons. The van der Waals surface area contributed by atoms with E-state index in [2.05, 4.69) is 29.7 Å². The van der Waals surface area contributed by atoms with Gasteiger partial charge in [0.15, 0.2) is 0 Å². The first-order chi connectivity index (χ1) is 12.2. The van der Waals surface area contributed by atoms with Gasteiger partial charge in [-0.1, -0.05) is 43.2 Å². The molecule has 2 aromatic carbocycles. The molecule has 4 heteroatoms. The minimum Gasteiger partial charge on any atom is -0.494 e. The van der Waals surface area contributed by atoms with Gasteiger partial charge in [0.2, 0.25) is 0 Å². The smallest absolute Gasteiger partial charge is 0.319 e. The Labute approximate surface area is 150 Å². The number of hydrogen-bond donors (Lipinski definition) is 2. The fourth-order valence-corrected chi connectivity index (χ4v) is 2.41. The highest BCUT2D eigenvalue weighted by Gasteiger charge is 2.01. The molecule has 0 bridgehead atoms. The summed E-state index contributed by atoms with van der Waals surface area (Å²) in [4.78, 5) is 11.9. The van der Waals surface area contributed by atoms with Gasteiger partial charge >= 0.3 is 6.03 Å². The fraction of sp³-hybridized carbons (Fsp3) is 0.381. The fourth-order valence-electron chi connectivity index (χ4n) is 2.41. The van der Waals surface area contributed by atoms with Crippen LogP contribution in [0.25, 0.3) is 0 Å². The van der Waals surface area contributed by atoms with E-state index in [4.69, 9.17) is 4.74 Å². The molecule has 0 atom stereocenters. The van der Waals surface area contributed by atoms with E-state index in [0.29, 0.717) is 13.2 Å². The van der Waals surface area contributed by atoms with Gasteiger partial charge in [-0.3, -0.25) is 0 Å². The Hall–Kier alpha value is -2.49. The van der Waals surface area contributed by atoms with E-state index >= 15 is 0 Å². The summed E-state index contributed by atoms with van der Waals surface area (Å²) in [5, 5.41) is 5.69. The third-order valence-electron chi connectivity index (χ3n) is 3.93. The highest BCUT2D eigenvalue weighted by atomic mass is 16.5. The van der Waals surface area contributed by atoms with E-state index in [9.17, 15) is 4.79 Å². The molecular weight excluding hydrogens is 312 g/mol. The van der Waals surface area contributed by atoms with Crippen LogP contribution in [0.15, 0.2) is 48.5 Å². The molecule has 0 fully saturated rings. The predicted octanol–water partition coefficient (Wildman–Crippen LogP) is 4.93. The van der Waals surface area contributed by atoms with Crippen LogP contribution in [0.1, 0.15) is 37.3 Å². The number of unbranched alkanes of at least 4 members (excludes halogenated alkanes) is 1. The van der Waals surface area contributed by atoms with Crippen molar-refractivity contribution in [1.29, 1.82) is 0 Å². The number of ether oxygens (including phenoxy) is 1. The summed E-state index contributed by atoms with van der Waals surface area (Å²) in [6.45, 7) is 5.39. The van der Waals surface area contributed by atoms with Crippen molar-refractivity contribution in [3.8, 4) is 5.75 Å². The van der Waals surface area contributed by atoms with Crippen LogP contribution in [0.5, 0.6) is 5.75 Å². The van der Waals surface area contributed by atoms with Gasteiger partial charge in [-0.2, -0.15) is 0 Å². The Kier molecular flexibility index (Phi) is 7.83. The lowest BCUT2D eigenvalue weighted by atomic mass is 10.1. The normalized spacial score (nSPS) is 10.3. The molecular formula is C21H28N2O2. The highest BCUT2D eigenvalue weighted by molar-refractivity contribution is 5.89. The number of amides is 2. The quantitative estimate of drug-likeness (QED) is 0.636. The van der Waals surface area contributed by atoms with Gasteiger partial charge in [0.1, 0.15) is 5.75 Å². The van der Waals surface area contributed by atoms with Crippen molar-refractivity contribution in [1.82, 2.24) is 5.32 Å². The lowest BCUT2D eigenvalue weighted by Gasteiger charge is -2.09. The predicted molar refractivity (Wildman–Crippen MR) is 103 cm³/mol. The molecule has 2 aromatic rings. The molecule has 0 aliphatic heterocycles. The van der Waals surface area contributed by atoms with Gasteiger partial charge in [0, 0.05) is 12.2 Å². The minimum atomic E-state index is -0.184. The summed E-state index contributed by atoms with van der Waals surface area (Å²) >= 11 is 0. The first-order valence-electron chi connectivity index (χ1n) is 9.00. The second kappa shape index (κ2) is 10.4. The SMILES string of the molecule is CCCCc1ccc(NC(=O)NCCCOc2ccc(C)cc2)cc1. The van der Waals surface area contributed by atoms with Crippen LogP contribution in [0.3, 0.4) is 0 Å². The average molecular weight is 340 g/mol. The second-order valence-electron chi connectivity index (χ2n) is 6.20. The summed E-state index contributed by atoms with van der Waals surface area (Å²) in [7, 11) is 0. The zero-order valence-electron chi connectivity index (χ0n) is 15.2. The van der Waals surface area contributed by atoms with Gasteiger partial charge in [-0.25, -0.2) is 4.79 Å². The van der Waals surface area contributed by atoms with Crippen molar-refractivity contribution < 1.29 is 9.53 Å². The molecule has 0 aromatic heterocycles. The lowest BCUT2D eigenvalue weighted by molar-refractivity contribution is 0.250. The van der Waals surface area contributed by atoms with Crippen molar-refractivity contribution in [3.63, 3.8) is 0 Å². The molecule has 0 saturated carbocycles. The topological polar surface area (TPSA) is 50.4 Å².